The summed E-state index contributed by atoms with van der Waals surface area (Å²) in [4.78, 5) is 32.5. The number of hydrogen-bond donors (Lipinski definition) is 1. The molecule has 8 nitrogen and oxygen atoms in total. The molecule has 0 saturated carbocycles. The number of piperidine rings is 1. The van der Waals surface area contributed by atoms with Crippen LogP contribution in [0.4, 0.5) is 5.82 Å². The Labute approximate surface area is 181 Å². The largest absolute Gasteiger partial charge is 0.362 e. The molecular weight excluding hydrogens is 390 g/mol. The average Bonchev–Trinajstić information content (AvgIpc) is 3.36. The van der Waals surface area contributed by atoms with Crippen molar-refractivity contribution in [2.75, 3.05) is 18.4 Å². The third-order valence-electron chi connectivity index (χ3n) is 6.78. The van der Waals surface area contributed by atoms with E-state index in [2.05, 4.69) is 15.3 Å². The first kappa shape index (κ1) is 19.7. The van der Waals surface area contributed by atoms with E-state index < -0.39 is 0 Å². The Morgan fingerprint density at radius 2 is 2.03 bits per heavy atom. The van der Waals surface area contributed by atoms with Gasteiger partial charge in [-0.3, -0.25) is 9.78 Å². The van der Waals surface area contributed by atoms with E-state index in [1.54, 1.807) is 19.3 Å². The highest BCUT2D eigenvalue weighted by Gasteiger charge is 2.44. The van der Waals surface area contributed by atoms with E-state index in [-0.39, 0.29) is 11.3 Å². The quantitative estimate of drug-likeness (QED) is 0.702. The molecule has 2 aliphatic rings. The molecule has 8 heteroatoms. The summed E-state index contributed by atoms with van der Waals surface area (Å²) in [5, 5.41) is 3.53. The topological polar surface area (TPSA) is 88.8 Å². The summed E-state index contributed by atoms with van der Waals surface area (Å²) in [5.41, 5.74) is 3.28. The molecule has 0 atom stereocenters. The van der Waals surface area contributed by atoms with Crippen molar-refractivity contribution in [3.05, 3.63) is 54.0 Å². The van der Waals surface area contributed by atoms with E-state index in [1.165, 1.54) is 5.56 Å². The van der Waals surface area contributed by atoms with E-state index in [9.17, 15) is 4.79 Å². The van der Waals surface area contributed by atoms with E-state index in [0.29, 0.717) is 12.4 Å². The van der Waals surface area contributed by atoms with E-state index in [0.717, 1.165) is 61.7 Å². The summed E-state index contributed by atoms with van der Waals surface area (Å²) < 4.78 is 2.01. The van der Waals surface area contributed by atoms with Crippen molar-refractivity contribution >= 4 is 11.7 Å². The Hall–Kier alpha value is -3.29. The molecule has 3 aromatic heterocycles. The molecule has 0 radical (unpaired) electrons. The molecule has 1 saturated heterocycles. The Morgan fingerprint density at radius 3 is 2.71 bits per heavy atom. The van der Waals surface area contributed by atoms with Crippen molar-refractivity contribution in [2.45, 2.75) is 44.6 Å². The lowest BCUT2D eigenvalue weighted by Gasteiger charge is -2.39. The number of aromatic nitrogens is 5. The number of imidazole rings is 1. The van der Waals surface area contributed by atoms with Crippen molar-refractivity contribution in [3.63, 3.8) is 0 Å². The van der Waals surface area contributed by atoms with Gasteiger partial charge in [-0.25, -0.2) is 15.0 Å². The first-order chi connectivity index (χ1) is 15.1. The second-order valence-electron chi connectivity index (χ2n) is 8.56. The van der Waals surface area contributed by atoms with E-state index >= 15 is 0 Å². The number of likely N-dealkylation sites (tertiary alicyclic amines) is 1. The van der Waals surface area contributed by atoms with Gasteiger partial charge in [0.05, 0.1) is 12.2 Å². The predicted molar refractivity (Wildman–Crippen MR) is 117 cm³/mol. The van der Waals surface area contributed by atoms with Crippen LogP contribution >= 0.6 is 0 Å². The van der Waals surface area contributed by atoms with Crippen LogP contribution in [0.3, 0.4) is 0 Å². The minimum atomic E-state index is 0.0147. The third-order valence-corrected chi connectivity index (χ3v) is 6.78. The van der Waals surface area contributed by atoms with Gasteiger partial charge in [0.25, 0.3) is 0 Å². The second-order valence-corrected chi connectivity index (χ2v) is 8.56. The summed E-state index contributed by atoms with van der Waals surface area (Å²) in [6, 6.07) is 3.91. The number of pyridine rings is 1. The van der Waals surface area contributed by atoms with Gasteiger partial charge >= 0.3 is 0 Å². The van der Waals surface area contributed by atoms with Crippen molar-refractivity contribution in [3.8, 4) is 11.4 Å². The molecule has 1 fully saturated rings. The monoisotopic (exact) mass is 417 g/mol. The molecule has 1 aliphatic carbocycles. The molecule has 160 valence electrons. The van der Waals surface area contributed by atoms with Crippen LogP contribution in [0, 0.1) is 0 Å². The Balaban J connectivity index is 1.52. The average molecular weight is 418 g/mol. The number of anilines is 1. The lowest BCUT2D eigenvalue weighted by molar-refractivity contribution is -0.130. The molecule has 4 heterocycles. The van der Waals surface area contributed by atoms with Crippen LogP contribution in [0.1, 0.15) is 43.3 Å². The van der Waals surface area contributed by atoms with Gasteiger partial charge in [0.2, 0.25) is 5.91 Å². The van der Waals surface area contributed by atoms with Crippen molar-refractivity contribution in [1.29, 1.82) is 0 Å². The summed E-state index contributed by atoms with van der Waals surface area (Å²) in [6.07, 6.45) is 11.2. The minimum Gasteiger partial charge on any atom is -0.362 e. The number of hydrogen-bond acceptors (Lipinski definition) is 6. The highest BCUT2D eigenvalue weighted by atomic mass is 16.2. The molecule has 1 N–H and O–H groups in total. The normalized spacial score (nSPS) is 17.0. The van der Waals surface area contributed by atoms with Gasteiger partial charge in [0.1, 0.15) is 11.6 Å². The maximum Gasteiger partial charge on any atom is 0.219 e. The van der Waals surface area contributed by atoms with Crippen molar-refractivity contribution < 1.29 is 4.79 Å². The zero-order chi connectivity index (χ0) is 21.4. The first-order valence-corrected chi connectivity index (χ1v) is 10.8. The van der Waals surface area contributed by atoms with Gasteiger partial charge < -0.3 is 14.8 Å². The molecule has 5 rings (SSSR count). The number of rotatable bonds is 4. The molecule has 0 aromatic carbocycles. The SMILES string of the molecule is CC(=O)N1CCC2(CCc3c(NCc4nccn4C)nc(-c4cccnc4)nc32)CC1. The molecule has 0 unspecified atom stereocenters. The number of amides is 1. The molecule has 1 amide bonds. The molecular formula is C23H27N7O. The van der Waals surface area contributed by atoms with Crippen molar-refractivity contribution in [1.82, 2.24) is 29.4 Å². The van der Waals surface area contributed by atoms with Gasteiger partial charge in [0.15, 0.2) is 5.82 Å². The van der Waals surface area contributed by atoms with Gasteiger partial charge in [0, 0.05) is 68.4 Å². The van der Waals surface area contributed by atoms with Crippen LogP contribution in [0.2, 0.25) is 0 Å². The number of nitrogens with zero attached hydrogens (tertiary/aromatic N) is 6. The second kappa shape index (κ2) is 7.76. The number of carbonyl (C=O) groups excluding carboxylic acids is 1. The fourth-order valence-corrected chi connectivity index (χ4v) is 4.88. The van der Waals surface area contributed by atoms with Crippen LogP contribution in [0.15, 0.2) is 36.9 Å². The summed E-state index contributed by atoms with van der Waals surface area (Å²) in [5.74, 6) is 2.70. The number of carbonyl (C=O) groups is 1. The fourth-order valence-electron chi connectivity index (χ4n) is 4.88. The van der Waals surface area contributed by atoms with Gasteiger partial charge in [-0.15, -0.1) is 0 Å². The Morgan fingerprint density at radius 1 is 1.19 bits per heavy atom. The highest BCUT2D eigenvalue weighted by molar-refractivity contribution is 5.73. The van der Waals surface area contributed by atoms with Crippen molar-refractivity contribution in [2.24, 2.45) is 7.05 Å². The fraction of sp³-hybridized carbons (Fsp3) is 0.435. The van der Waals surface area contributed by atoms with Gasteiger partial charge in [-0.05, 0) is 37.8 Å². The summed E-state index contributed by atoms with van der Waals surface area (Å²) in [6.45, 7) is 3.83. The first-order valence-electron chi connectivity index (χ1n) is 10.8. The van der Waals surface area contributed by atoms with E-state index in [1.807, 2.05) is 41.0 Å². The molecule has 1 spiro atoms. The standard InChI is InChI=1S/C23H27N7O/c1-16(31)30-11-7-23(8-12-30)6-5-18-20(23)27-21(17-4-3-9-24-14-17)28-22(18)26-15-19-25-10-13-29(19)2/h3-4,9-10,13-14H,5-8,11-12,15H2,1-2H3,(H,26,27,28). The zero-order valence-corrected chi connectivity index (χ0v) is 18.0. The van der Waals surface area contributed by atoms with Crippen LogP contribution < -0.4 is 5.32 Å². The summed E-state index contributed by atoms with van der Waals surface area (Å²) in [7, 11) is 1.99. The molecule has 31 heavy (non-hydrogen) atoms. The Bertz CT molecular complexity index is 1100. The highest BCUT2D eigenvalue weighted by Crippen LogP contribution is 2.47. The smallest absolute Gasteiger partial charge is 0.219 e. The molecule has 1 aliphatic heterocycles. The maximum atomic E-state index is 11.8. The predicted octanol–water partition coefficient (Wildman–Crippen LogP) is 2.71. The Kier molecular flexibility index (Phi) is 4.92. The lowest BCUT2D eigenvalue weighted by Crippen LogP contribution is -2.43. The van der Waals surface area contributed by atoms with Crippen LogP contribution in [-0.2, 0) is 30.2 Å². The number of nitrogens with one attached hydrogen (secondary N) is 1. The lowest BCUT2D eigenvalue weighted by atomic mass is 9.76. The van der Waals surface area contributed by atoms with Gasteiger partial charge in [-0.2, -0.15) is 0 Å². The van der Waals surface area contributed by atoms with Crippen LogP contribution in [0.5, 0.6) is 0 Å². The van der Waals surface area contributed by atoms with E-state index in [4.69, 9.17) is 9.97 Å². The van der Waals surface area contributed by atoms with Crippen LogP contribution in [-0.4, -0.2) is 48.4 Å². The zero-order valence-electron chi connectivity index (χ0n) is 18.0. The maximum absolute atomic E-state index is 11.8. The number of aryl methyl sites for hydroxylation is 1. The molecule has 3 aromatic rings. The number of fused-ring (bicyclic) bond motifs is 2. The summed E-state index contributed by atoms with van der Waals surface area (Å²) >= 11 is 0. The minimum absolute atomic E-state index is 0.0147. The van der Waals surface area contributed by atoms with Gasteiger partial charge in [-0.1, -0.05) is 0 Å². The molecule has 0 bridgehead atoms. The third kappa shape index (κ3) is 3.56. The van der Waals surface area contributed by atoms with Crippen LogP contribution in [0.25, 0.3) is 11.4 Å².